The van der Waals surface area contributed by atoms with Gasteiger partial charge in [-0.3, -0.25) is 0 Å². The number of fused-ring (bicyclic) bond motifs is 1. The van der Waals surface area contributed by atoms with Gasteiger partial charge < -0.3 is 9.47 Å². The van der Waals surface area contributed by atoms with Crippen LogP contribution >= 0.6 is 0 Å². The highest BCUT2D eigenvalue weighted by molar-refractivity contribution is 5.60. The third-order valence-corrected chi connectivity index (χ3v) is 5.95. The minimum Gasteiger partial charge on any atom is -0.356 e. The van der Waals surface area contributed by atoms with Gasteiger partial charge in [0.2, 0.25) is 0 Å². The first-order valence-corrected chi connectivity index (χ1v) is 9.38. The fourth-order valence-corrected chi connectivity index (χ4v) is 4.46. The van der Waals surface area contributed by atoms with Gasteiger partial charge in [-0.1, -0.05) is 29.8 Å². The summed E-state index contributed by atoms with van der Waals surface area (Å²) in [5.41, 5.74) is 4.57. The van der Waals surface area contributed by atoms with E-state index in [1.807, 2.05) is 18.3 Å². The normalized spacial score (nSPS) is 20.8. The molecule has 5 heteroatoms. The molecule has 1 spiro atoms. The quantitative estimate of drug-likeness (QED) is 0.705. The third-order valence-electron chi connectivity index (χ3n) is 5.95. The lowest BCUT2D eigenvalue weighted by Crippen LogP contribution is -2.29. The molecule has 0 aliphatic carbocycles. The Hall–Kier alpha value is -3.13. The van der Waals surface area contributed by atoms with Gasteiger partial charge in [-0.05, 0) is 31.0 Å². The van der Waals surface area contributed by atoms with E-state index < -0.39 is 0 Å². The molecule has 0 amide bonds. The lowest BCUT2D eigenvalue weighted by atomic mass is 9.86. The molecule has 2 aliphatic heterocycles. The Labute approximate surface area is 158 Å². The van der Waals surface area contributed by atoms with E-state index in [1.165, 1.54) is 22.6 Å². The minimum absolute atomic E-state index is 0.235. The average Bonchev–Trinajstić information content (AvgIpc) is 3.38. The molecule has 1 atom stereocenters. The van der Waals surface area contributed by atoms with Crippen LogP contribution in [0.15, 0.2) is 48.8 Å². The van der Waals surface area contributed by atoms with E-state index >= 15 is 0 Å². The number of benzene rings is 1. The fourth-order valence-electron chi connectivity index (χ4n) is 4.46. The summed E-state index contributed by atoms with van der Waals surface area (Å²) in [5.74, 6) is 2.16. The molecular weight excluding hydrogens is 334 g/mol. The summed E-state index contributed by atoms with van der Waals surface area (Å²) in [6, 6.07) is 14.6. The molecule has 5 nitrogen and oxygen atoms in total. The summed E-state index contributed by atoms with van der Waals surface area (Å²) in [6.45, 7) is 5.12. The number of pyridine rings is 1. The molecule has 1 aromatic carbocycles. The van der Waals surface area contributed by atoms with Gasteiger partial charge in [-0.2, -0.15) is 5.26 Å². The second-order valence-corrected chi connectivity index (χ2v) is 7.88. The van der Waals surface area contributed by atoms with Crippen LogP contribution < -0.4 is 4.90 Å². The number of nitriles is 1. The molecule has 0 saturated carbocycles. The summed E-state index contributed by atoms with van der Waals surface area (Å²) in [7, 11) is 0. The van der Waals surface area contributed by atoms with Crippen molar-refractivity contribution >= 4 is 5.82 Å². The Bertz CT molecular complexity index is 1030. The van der Waals surface area contributed by atoms with Crippen LogP contribution in [0.3, 0.4) is 0 Å². The highest BCUT2D eigenvalue weighted by Crippen LogP contribution is 2.43. The predicted molar refractivity (Wildman–Crippen MR) is 104 cm³/mol. The van der Waals surface area contributed by atoms with Crippen molar-refractivity contribution in [3.8, 4) is 17.3 Å². The van der Waals surface area contributed by atoms with E-state index in [-0.39, 0.29) is 5.41 Å². The number of anilines is 1. The van der Waals surface area contributed by atoms with Crippen molar-refractivity contribution < 1.29 is 0 Å². The maximum Gasteiger partial charge on any atom is 0.128 e. The van der Waals surface area contributed by atoms with E-state index in [0.29, 0.717) is 5.56 Å². The Kier molecular flexibility index (Phi) is 3.54. The molecule has 1 saturated heterocycles. The number of rotatable bonds is 2. The molecule has 0 N–H and O–H groups in total. The average molecular weight is 355 g/mol. The van der Waals surface area contributed by atoms with Crippen LogP contribution in [0.4, 0.5) is 5.82 Å². The first kappa shape index (κ1) is 16.1. The molecule has 2 aromatic heterocycles. The van der Waals surface area contributed by atoms with Gasteiger partial charge in [0.05, 0.1) is 17.5 Å². The van der Waals surface area contributed by atoms with Crippen LogP contribution in [-0.4, -0.2) is 27.6 Å². The second kappa shape index (κ2) is 5.95. The van der Waals surface area contributed by atoms with E-state index in [1.54, 1.807) is 6.20 Å². The van der Waals surface area contributed by atoms with Crippen molar-refractivity contribution in [2.45, 2.75) is 26.3 Å². The van der Waals surface area contributed by atoms with Gasteiger partial charge in [-0.25, -0.2) is 9.97 Å². The van der Waals surface area contributed by atoms with E-state index in [0.717, 1.165) is 38.3 Å². The number of hydrogen-bond acceptors (Lipinski definition) is 4. The number of hydrogen-bond donors (Lipinski definition) is 0. The monoisotopic (exact) mass is 355 g/mol. The molecule has 2 aliphatic rings. The lowest BCUT2D eigenvalue weighted by molar-refractivity contribution is 0.321. The highest BCUT2D eigenvalue weighted by atomic mass is 15.2. The number of aryl methyl sites for hydroxylation is 1. The Morgan fingerprint density at radius 2 is 1.89 bits per heavy atom. The molecule has 5 rings (SSSR count). The first-order chi connectivity index (χ1) is 13.2. The van der Waals surface area contributed by atoms with Crippen molar-refractivity contribution in [1.29, 1.82) is 5.26 Å². The summed E-state index contributed by atoms with van der Waals surface area (Å²) in [4.78, 5) is 11.6. The molecule has 134 valence electrons. The number of nitrogens with zero attached hydrogens (tertiary/aromatic N) is 5. The van der Waals surface area contributed by atoms with Gasteiger partial charge in [0.25, 0.3) is 0 Å². The van der Waals surface area contributed by atoms with Crippen molar-refractivity contribution in [1.82, 2.24) is 14.5 Å². The van der Waals surface area contributed by atoms with E-state index in [2.05, 4.69) is 51.7 Å². The largest absolute Gasteiger partial charge is 0.356 e. The third kappa shape index (κ3) is 2.69. The van der Waals surface area contributed by atoms with Gasteiger partial charge in [0.15, 0.2) is 0 Å². The topological polar surface area (TPSA) is 57.7 Å². The van der Waals surface area contributed by atoms with Crippen LogP contribution in [0, 0.1) is 23.7 Å². The summed E-state index contributed by atoms with van der Waals surface area (Å²) >= 11 is 0. The summed E-state index contributed by atoms with van der Waals surface area (Å²) in [6.07, 6.45) is 5.84. The Morgan fingerprint density at radius 3 is 2.63 bits per heavy atom. The minimum atomic E-state index is 0.235. The zero-order valence-electron chi connectivity index (χ0n) is 15.4. The van der Waals surface area contributed by atoms with E-state index in [4.69, 9.17) is 10.2 Å². The molecule has 0 radical (unpaired) electrons. The second-order valence-electron chi connectivity index (χ2n) is 7.88. The zero-order chi connectivity index (χ0) is 18.4. The standard InChI is InChI=1S/C22H21N5/c1-16-2-5-18(6-3-16)19-13-25-21-10-22(15-27(19)21)8-9-26(14-22)20-7-4-17(11-23)12-24-20/h2-7,12-13H,8-10,14-15H2,1H3/t22-/m1/s1. The smallest absolute Gasteiger partial charge is 0.128 e. The maximum absolute atomic E-state index is 8.96. The summed E-state index contributed by atoms with van der Waals surface area (Å²) < 4.78 is 2.40. The Morgan fingerprint density at radius 1 is 1.04 bits per heavy atom. The lowest BCUT2D eigenvalue weighted by Gasteiger charge is -2.24. The molecule has 3 aromatic rings. The van der Waals surface area contributed by atoms with E-state index in [9.17, 15) is 0 Å². The van der Waals surface area contributed by atoms with Crippen LogP contribution in [-0.2, 0) is 13.0 Å². The molecule has 0 bridgehead atoms. The van der Waals surface area contributed by atoms with Gasteiger partial charge >= 0.3 is 0 Å². The van der Waals surface area contributed by atoms with Crippen LogP contribution in [0.2, 0.25) is 0 Å². The maximum atomic E-state index is 8.96. The molecule has 27 heavy (non-hydrogen) atoms. The van der Waals surface area contributed by atoms with Crippen LogP contribution in [0.1, 0.15) is 23.4 Å². The highest BCUT2D eigenvalue weighted by Gasteiger charge is 2.44. The molecular formula is C22H21N5. The fraction of sp³-hybridized carbons (Fsp3) is 0.318. The summed E-state index contributed by atoms with van der Waals surface area (Å²) in [5, 5.41) is 8.96. The first-order valence-electron chi connectivity index (χ1n) is 9.38. The van der Waals surface area contributed by atoms with Gasteiger partial charge in [0.1, 0.15) is 17.7 Å². The van der Waals surface area contributed by atoms with Crippen LogP contribution in [0.5, 0.6) is 0 Å². The van der Waals surface area contributed by atoms with Crippen molar-refractivity contribution in [3.63, 3.8) is 0 Å². The van der Waals surface area contributed by atoms with Crippen LogP contribution in [0.25, 0.3) is 11.3 Å². The molecule has 4 heterocycles. The van der Waals surface area contributed by atoms with Crippen molar-refractivity contribution in [3.05, 3.63) is 65.7 Å². The molecule has 0 unspecified atom stereocenters. The van der Waals surface area contributed by atoms with Crippen molar-refractivity contribution in [2.24, 2.45) is 5.41 Å². The van der Waals surface area contributed by atoms with Gasteiger partial charge in [0, 0.05) is 37.7 Å². The number of imidazole rings is 1. The number of aromatic nitrogens is 3. The van der Waals surface area contributed by atoms with Crippen molar-refractivity contribution in [2.75, 3.05) is 18.0 Å². The Balaban J connectivity index is 1.38. The zero-order valence-corrected chi connectivity index (χ0v) is 15.4. The SMILES string of the molecule is Cc1ccc(-c2cnc3n2C[C@]2(CCN(c4ccc(C#N)cn4)C2)C3)cc1. The predicted octanol–water partition coefficient (Wildman–Crippen LogP) is 3.58. The molecule has 1 fully saturated rings. The van der Waals surface area contributed by atoms with Gasteiger partial charge in [-0.15, -0.1) is 0 Å².